The van der Waals surface area contributed by atoms with Gasteiger partial charge in [0.1, 0.15) is 5.75 Å². The Bertz CT molecular complexity index is 588. The number of ether oxygens (including phenoxy) is 1. The van der Waals surface area contributed by atoms with Gasteiger partial charge < -0.3 is 15.0 Å². The van der Waals surface area contributed by atoms with E-state index >= 15 is 0 Å². The Morgan fingerprint density at radius 1 is 1.12 bits per heavy atom. The minimum atomic E-state index is 0.00250. The number of carbonyl (C=O) groups is 1. The van der Waals surface area contributed by atoms with Gasteiger partial charge >= 0.3 is 6.03 Å². The summed E-state index contributed by atoms with van der Waals surface area (Å²) in [5.74, 6) is 1.49. The molecular formula is C19H27N3O2. The number of benzene rings is 1. The highest BCUT2D eigenvalue weighted by Gasteiger charge is 2.31. The Hall–Kier alpha value is -1.75. The van der Waals surface area contributed by atoms with E-state index in [4.69, 9.17) is 4.74 Å². The molecule has 2 saturated heterocycles. The molecule has 1 aromatic rings. The minimum Gasteiger partial charge on any atom is -0.491 e. The molecule has 2 amide bonds. The van der Waals surface area contributed by atoms with Crippen molar-refractivity contribution in [1.82, 2.24) is 9.80 Å². The molecule has 1 aromatic carbocycles. The summed E-state index contributed by atoms with van der Waals surface area (Å²) in [5.41, 5.74) is 0.786. The van der Waals surface area contributed by atoms with Gasteiger partial charge in [0.2, 0.25) is 0 Å². The van der Waals surface area contributed by atoms with Crippen molar-refractivity contribution in [3.63, 3.8) is 0 Å². The summed E-state index contributed by atoms with van der Waals surface area (Å²) in [4.78, 5) is 17.2. The third kappa shape index (κ3) is 3.66. The zero-order valence-electron chi connectivity index (χ0n) is 14.2. The average Bonchev–Trinajstić information content (AvgIpc) is 3.45. The Morgan fingerprint density at radius 3 is 2.88 bits per heavy atom. The summed E-state index contributed by atoms with van der Waals surface area (Å²) >= 11 is 0. The maximum Gasteiger partial charge on any atom is 0.322 e. The lowest BCUT2D eigenvalue weighted by Gasteiger charge is -2.43. The Labute approximate surface area is 144 Å². The number of nitrogens with one attached hydrogen (secondary N) is 1. The number of amides is 2. The maximum atomic E-state index is 12.7. The van der Waals surface area contributed by atoms with Crippen molar-refractivity contribution in [3.8, 4) is 5.75 Å². The zero-order chi connectivity index (χ0) is 16.4. The summed E-state index contributed by atoms with van der Waals surface area (Å²) < 4.78 is 5.89. The number of urea groups is 1. The smallest absolute Gasteiger partial charge is 0.322 e. The largest absolute Gasteiger partial charge is 0.491 e. The van der Waals surface area contributed by atoms with Crippen molar-refractivity contribution in [2.75, 3.05) is 38.1 Å². The van der Waals surface area contributed by atoms with E-state index in [1.54, 1.807) is 0 Å². The van der Waals surface area contributed by atoms with Crippen LogP contribution in [0.5, 0.6) is 5.75 Å². The molecule has 2 heterocycles. The number of piperazine rings is 1. The maximum absolute atomic E-state index is 12.7. The van der Waals surface area contributed by atoms with Crippen molar-refractivity contribution >= 4 is 11.7 Å². The molecule has 1 atom stereocenters. The molecule has 1 N–H and O–H groups in total. The molecule has 3 fully saturated rings. The molecule has 1 saturated carbocycles. The molecule has 0 radical (unpaired) electrons. The quantitative estimate of drug-likeness (QED) is 0.923. The van der Waals surface area contributed by atoms with Crippen LogP contribution >= 0.6 is 0 Å². The predicted octanol–water partition coefficient (Wildman–Crippen LogP) is 3.18. The molecule has 0 aromatic heterocycles. The van der Waals surface area contributed by atoms with E-state index in [1.165, 1.54) is 38.6 Å². The van der Waals surface area contributed by atoms with Crippen LogP contribution in [0.15, 0.2) is 24.3 Å². The highest BCUT2D eigenvalue weighted by Crippen LogP contribution is 2.32. The molecular weight excluding hydrogens is 302 g/mol. The average molecular weight is 329 g/mol. The first kappa shape index (κ1) is 15.8. The normalized spacial score (nSPS) is 24.3. The summed E-state index contributed by atoms with van der Waals surface area (Å²) in [6.07, 6.45) is 6.33. The Morgan fingerprint density at radius 2 is 2.00 bits per heavy atom. The number of nitrogens with zero attached hydrogens (tertiary/aromatic N) is 2. The van der Waals surface area contributed by atoms with Gasteiger partial charge in [-0.05, 0) is 50.3 Å². The second-order valence-corrected chi connectivity index (χ2v) is 7.31. The molecule has 130 valence electrons. The molecule has 3 aliphatic rings. The fourth-order valence-electron chi connectivity index (χ4n) is 3.72. The molecule has 5 heteroatoms. The van der Waals surface area contributed by atoms with Crippen molar-refractivity contribution in [3.05, 3.63) is 24.3 Å². The summed E-state index contributed by atoms with van der Waals surface area (Å²) in [6, 6.07) is 8.31. The van der Waals surface area contributed by atoms with Crippen LogP contribution < -0.4 is 10.1 Å². The van der Waals surface area contributed by atoms with Gasteiger partial charge in [-0.2, -0.15) is 0 Å². The van der Waals surface area contributed by atoms with Gasteiger partial charge in [0.25, 0.3) is 0 Å². The lowest BCUT2D eigenvalue weighted by atomic mass is 10.00. The Kier molecular flexibility index (Phi) is 4.60. The van der Waals surface area contributed by atoms with Gasteiger partial charge in [-0.25, -0.2) is 4.79 Å². The van der Waals surface area contributed by atoms with Gasteiger partial charge in [-0.1, -0.05) is 18.6 Å². The first-order valence-electron chi connectivity index (χ1n) is 9.31. The van der Waals surface area contributed by atoms with Crippen LogP contribution in [0.2, 0.25) is 0 Å². The van der Waals surface area contributed by atoms with E-state index in [0.29, 0.717) is 12.0 Å². The van der Waals surface area contributed by atoms with Gasteiger partial charge in [-0.3, -0.25) is 4.90 Å². The van der Waals surface area contributed by atoms with E-state index < -0.39 is 0 Å². The topological polar surface area (TPSA) is 44.8 Å². The molecule has 0 bridgehead atoms. The lowest BCUT2D eigenvalue weighted by molar-refractivity contribution is 0.0678. The second kappa shape index (κ2) is 7.01. The number of hydrogen-bond acceptors (Lipinski definition) is 3. The van der Waals surface area contributed by atoms with Gasteiger partial charge in [0, 0.05) is 25.7 Å². The van der Waals surface area contributed by atoms with E-state index in [0.717, 1.165) is 37.7 Å². The fraction of sp³-hybridized carbons (Fsp3) is 0.632. The fourth-order valence-corrected chi connectivity index (χ4v) is 3.72. The minimum absolute atomic E-state index is 0.00250. The van der Waals surface area contributed by atoms with Gasteiger partial charge in [0.15, 0.2) is 0 Å². The molecule has 0 spiro atoms. The van der Waals surface area contributed by atoms with Crippen LogP contribution in [0.4, 0.5) is 10.5 Å². The van der Waals surface area contributed by atoms with Crippen LogP contribution in [-0.2, 0) is 0 Å². The van der Waals surface area contributed by atoms with Crippen LogP contribution in [0.3, 0.4) is 0 Å². The van der Waals surface area contributed by atoms with E-state index in [1.807, 2.05) is 29.2 Å². The molecule has 24 heavy (non-hydrogen) atoms. The number of hydrogen-bond donors (Lipinski definition) is 1. The number of anilines is 1. The van der Waals surface area contributed by atoms with E-state index in [2.05, 4.69) is 10.2 Å². The summed E-state index contributed by atoms with van der Waals surface area (Å²) in [5, 5.41) is 3.06. The number of fused-ring (bicyclic) bond motifs is 1. The second-order valence-electron chi connectivity index (χ2n) is 7.31. The standard InChI is InChI=1S/C19H27N3O2/c23-19(22-12-11-21-10-4-3-5-16(21)13-22)20-17-6-1-2-7-18(17)24-14-15-8-9-15/h1-2,6-7,15-16H,3-5,8-14H2,(H,20,23). The third-order valence-electron chi connectivity index (χ3n) is 5.42. The lowest BCUT2D eigenvalue weighted by Crippen LogP contribution is -2.56. The molecule has 4 rings (SSSR count). The number of piperidine rings is 1. The summed E-state index contributed by atoms with van der Waals surface area (Å²) in [6.45, 7) is 4.61. The van der Waals surface area contributed by atoms with Crippen molar-refractivity contribution < 1.29 is 9.53 Å². The van der Waals surface area contributed by atoms with E-state index in [-0.39, 0.29) is 6.03 Å². The first-order valence-corrected chi connectivity index (χ1v) is 9.31. The molecule has 1 unspecified atom stereocenters. The first-order chi connectivity index (χ1) is 11.8. The van der Waals surface area contributed by atoms with Gasteiger partial charge in [0.05, 0.1) is 12.3 Å². The monoisotopic (exact) mass is 329 g/mol. The highest BCUT2D eigenvalue weighted by molar-refractivity contribution is 5.91. The third-order valence-corrected chi connectivity index (χ3v) is 5.42. The van der Waals surface area contributed by atoms with Crippen LogP contribution in [0.25, 0.3) is 0 Å². The highest BCUT2D eigenvalue weighted by atomic mass is 16.5. The SMILES string of the molecule is O=C(Nc1ccccc1OCC1CC1)N1CCN2CCCCC2C1. The van der Waals surface area contributed by atoms with Crippen molar-refractivity contribution in [2.24, 2.45) is 5.92 Å². The molecule has 2 aliphatic heterocycles. The van der Waals surface area contributed by atoms with Gasteiger partial charge in [-0.15, -0.1) is 0 Å². The van der Waals surface area contributed by atoms with Crippen LogP contribution in [-0.4, -0.2) is 54.7 Å². The van der Waals surface area contributed by atoms with Crippen molar-refractivity contribution in [2.45, 2.75) is 38.1 Å². The predicted molar refractivity (Wildman–Crippen MR) is 94.5 cm³/mol. The number of para-hydroxylation sites is 2. The molecule has 5 nitrogen and oxygen atoms in total. The zero-order valence-corrected chi connectivity index (χ0v) is 14.2. The molecule has 1 aliphatic carbocycles. The van der Waals surface area contributed by atoms with Crippen LogP contribution in [0.1, 0.15) is 32.1 Å². The van der Waals surface area contributed by atoms with Crippen LogP contribution in [0, 0.1) is 5.92 Å². The summed E-state index contributed by atoms with van der Waals surface area (Å²) in [7, 11) is 0. The van der Waals surface area contributed by atoms with E-state index in [9.17, 15) is 4.79 Å². The Balaban J connectivity index is 1.37. The van der Waals surface area contributed by atoms with Crippen molar-refractivity contribution in [1.29, 1.82) is 0 Å². The number of rotatable bonds is 4. The number of carbonyl (C=O) groups excluding carboxylic acids is 1.